The molecule has 1 heterocycles. The lowest BCUT2D eigenvalue weighted by atomic mass is 10.00. The number of hydrogen-bond acceptors (Lipinski definition) is 6. The Morgan fingerprint density at radius 2 is 2.00 bits per heavy atom. The number of ketones is 1. The van der Waals surface area contributed by atoms with Crippen LogP contribution in [0.15, 0.2) is 11.1 Å². The van der Waals surface area contributed by atoms with Crippen LogP contribution in [0.5, 0.6) is 0 Å². The van der Waals surface area contributed by atoms with Crippen molar-refractivity contribution in [2.75, 3.05) is 26.9 Å². The van der Waals surface area contributed by atoms with E-state index in [0.29, 0.717) is 13.0 Å². The zero-order valence-corrected chi connectivity index (χ0v) is 15.3. The molecular weight excluding hydrogens is 312 g/mol. The van der Waals surface area contributed by atoms with Crippen LogP contribution in [0.3, 0.4) is 0 Å². The van der Waals surface area contributed by atoms with E-state index in [1.165, 1.54) is 7.11 Å². The first-order chi connectivity index (χ1) is 11.5. The Morgan fingerprint density at radius 1 is 1.25 bits per heavy atom. The van der Waals surface area contributed by atoms with Crippen molar-refractivity contribution >= 4 is 11.8 Å². The zero-order chi connectivity index (χ0) is 17.9. The molecule has 6 nitrogen and oxygen atoms in total. The number of methoxy groups -OCH3 is 1. The predicted octanol–water partition coefficient (Wildman–Crippen LogP) is 2.79. The SMILES string of the molecule is CCOC(=O)CC(=O)[C@H](CC(COC1CCCCO1)=C(C)C)OC. The molecule has 0 aromatic carbocycles. The Morgan fingerprint density at radius 3 is 2.54 bits per heavy atom. The van der Waals surface area contributed by atoms with Gasteiger partial charge in [-0.15, -0.1) is 0 Å². The third-order valence-electron chi connectivity index (χ3n) is 3.99. The maximum atomic E-state index is 12.2. The van der Waals surface area contributed by atoms with Crippen LogP contribution in [0.4, 0.5) is 0 Å². The second-order valence-electron chi connectivity index (χ2n) is 6.09. The molecule has 0 saturated carbocycles. The average Bonchev–Trinajstić information content (AvgIpc) is 2.55. The molecule has 0 N–H and O–H groups in total. The summed E-state index contributed by atoms with van der Waals surface area (Å²) in [5, 5.41) is 0. The van der Waals surface area contributed by atoms with E-state index in [0.717, 1.165) is 37.0 Å². The lowest BCUT2D eigenvalue weighted by Gasteiger charge is -2.24. The van der Waals surface area contributed by atoms with Gasteiger partial charge >= 0.3 is 5.97 Å². The summed E-state index contributed by atoms with van der Waals surface area (Å²) in [5.74, 6) is -0.793. The van der Waals surface area contributed by atoms with E-state index < -0.39 is 12.1 Å². The summed E-state index contributed by atoms with van der Waals surface area (Å²) in [4.78, 5) is 23.7. The Hall–Kier alpha value is -1.24. The third-order valence-corrected chi connectivity index (χ3v) is 3.99. The summed E-state index contributed by atoms with van der Waals surface area (Å²) in [6.45, 7) is 7.05. The molecule has 1 aliphatic rings. The Bertz CT molecular complexity index is 433. The van der Waals surface area contributed by atoms with Crippen LogP contribution in [0, 0.1) is 0 Å². The molecule has 0 aromatic rings. The molecule has 24 heavy (non-hydrogen) atoms. The summed E-state index contributed by atoms with van der Waals surface area (Å²) in [7, 11) is 1.47. The minimum Gasteiger partial charge on any atom is -0.466 e. The minimum atomic E-state index is -0.671. The minimum absolute atomic E-state index is 0.177. The number of carbonyl (C=O) groups is 2. The fourth-order valence-electron chi connectivity index (χ4n) is 2.46. The monoisotopic (exact) mass is 342 g/mol. The Kier molecular flexibility index (Phi) is 9.83. The standard InChI is InChI=1S/C18H30O6/c1-5-22-17(20)11-15(19)16(21-4)10-14(13(2)3)12-24-18-8-6-7-9-23-18/h16,18H,5-12H2,1-4H3/t16-,18?/m0/s1. The summed E-state index contributed by atoms with van der Waals surface area (Å²) in [5.41, 5.74) is 2.07. The van der Waals surface area contributed by atoms with Crippen molar-refractivity contribution < 1.29 is 28.5 Å². The van der Waals surface area contributed by atoms with E-state index in [-0.39, 0.29) is 25.1 Å². The van der Waals surface area contributed by atoms with Crippen molar-refractivity contribution in [2.24, 2.45) is 0 Å². The Balaban J connectivity index is 2.56. The Labute approximate surface area is 144 Å². The third kappa shape index (κ3) is 7.55. The molecule has 0 aromatic heterocycles. The number of carbonyl (C=O) groups excluding carboxylic acids is 2. The molecule has 0 spiro atoms. The van der Waals surface area contributed by atoms with Gasteiger partial charge in [-0.1, -0.05) is 5.57 Å². The van der Waals surface area contributed by atoms with Gasteiger partial charge in [-0.05, 0) is 45.6 Å². The molecule has 1 rings (SSSR count). The van der Waals surface area contributed by atoms with Crippen LogP contribution in [0.1, 0.15) is 52.9 Å². The van der Waals surface area contributed by atoms with Crippen molar-refractivity contribution in [1.29, 1.82) is 0 Å². The van der Waals surface area contributed by atoms with Crippen LogP contribution in [0.25, 0.3) is 0 Å². The highest BCUT2D eigenvalue weighted by Crippen LogP contribution is 2.19. The largest absolute Gasteiger partial charge is 0.466 e. The van der Waals surface area contributed by atoms with Crippen molar-refractivity contribution in [1.82, 2.24) is 0 Å². The van der Waals surface area contributed by atoms with Crippen molar-refractivity contribution in [2.45, 2.75) is 65.3 Å². The van der Waals surface area contributed by atoms with Crippen LogP contribution in [-0.4, -0.2) is 51.1 Å². The first kappa shape index (κ1) is 20.8. The van der Waals surface area contributed by atoms with Gasteiger partial charge in [-0.3, -0.25) is 9.59 Å². The van der Waals surface area contributed by atoms with E-state index >= 15 is 0 Å². The number of allylic oxidation sites excluding steroid dienone is 1. The second kappa shape index (κ2) is 11.3. The maximum absolute atomic E-state index is 12.2. The van der Waals surface area contributed by atoms with Crippen LogP contribution < -0.4 is 0 Å². The van der Waals surface area contributed by atoms with Crippen LogP contribution in [-0.2, 0) is 28.5 Å². The number of rotatable bonds is 10. The molecule has 0 aliphatic carbocycles. The van der Waals surface area contributed by atoms with E-state index in [9.17, 15) is 9.59 Å². The molecule has 1 aliphatic heterocycles. The molecule has 0 bridgehead atoms. The number of ether oxygens (including phenoxy) is 4. The van der Waals surface area contributed by atoms with Gasteiger partial charge in [0.1, 0.15) is 12.5 Å². The fourth-order valence-corrected chi connectivity index (χ4v) is 2.46. The number of hydrogen-bond donors (Lipinski definition) is 0. The molecule has 1 fully saturated rings. The highest BCUT2D eigenvalue weighted by molar-refractivity contribution is 5.98. The summed E-state index contributed by atoms with van der Waals surface area (Å²) >= 11 is 0. The molecule has 138 valence electrons. The highest BCUT2D eigenvalue weighted by atomic mass is 16.7. The zero-order valence-electron chi connectivity index (χ0n) is 15.3. The summed E-state index contributed by atoms with van der Waals surface area (Å²) < 4.78 is 21.5. The highest BCUT2D eigenvalue weighted by Gasteiger charge is 2.24. The average molecular weight is 342 g/mol. The van der Waals surface area contributed by atoms with Gasteiger partial charge in [0, 0.05) is 20.1 Å². The molecule has 1 saturated heterocycles. The van der Waals surface area contributed by atoms with Crippen molar-refractivity contribution in [3.8, 4) is 0 Å². The first-order valence-corrected chi connectivity index (χ1v) is 8.57. The van der Waals surface area contributed by atoms with Crippen LogP contribution >= 0.6 is 0 Å². The lowest BCUT2D eigenvalue weighted by molar-refractivity contribution is -0.157. The second-order valence-corrected chi connectivity index (χ2v) is 6.09. The van der Waals surface area contributed by atoms with Crippen LogP contribution in [0.2, 0.25) is 0 Å². The lowest BCUT2D eigenvalue weighted by Crippen LogP contribution is -2.28. The van der Waals surface area contributed by atoms with Gasteiger partial charge in [-0.25, -0.2) is 0 Å². The van der Waals surface area contributed by atoms with E-state index in [4.69, 9.17) is 18.9 Å². The normalized spacial score (nSPS) is 18.8. The van der Waals surface area contributed by atoms with E-state index in [1.807, 2.05) is 13.8 Å². The summed E-state index contributed by atoms with van der Waals surface area (Å²) in [6.07, 6.45) is 2.36. The number of esters is 1. The van der Waals surface area contributed by atoms with Gasteiger partial charge < -0.3 is 18.9 Å². The van der Waals surface area contributed by atoms with Crippen molar-refractivity contribution in [3.63, 3.8) is 0 Å². The molecular formula is C18H30O6. The molecule has 0 radical (unpaired) electrons. The quantitative estimate of drug-likeness (QED) is 0.345. The maximum Gasteiger partial charge on any atom is 0.313 e. The van der Waals surface area contributed by atoms with E-state index in [2.05, 4.69) is 0 Å². The van der Waals surface area contributed by atoms with Gasteiger partial charge in [0.25, 0.3) is 0 Å². The predicted molar refractivity (Wildman–Crippen MR) is 89.6 cm³/mol. The molecule has 6 heteroatoms. The molecule has 2 atom stereocenters. The first-order valence-electron chi connectivity index (χ1n) is 8.57. The molecule has 1 unspecified atom stereocenters. The van der Waals surface area contributed by atoms with Gasteiger partial charge in [0.15, 0.2) is 12.1 Å². The van der Waals surface area contributed by atoms with Gasteiger partial charge in [-0.2, -0.15) is 0 Å². The van der Waals surface area contributed by atoms with Gasteiger partial charge in [0.05, 0.1) is 13.2 Å². The molecule has 0 amide bonds. The smallest absolute Gasteiger partial charge is 0.313 e. The fraction of sp³-hybridized carbons (Fsp3) is 0.778. The summed E-state index contributed by atoms with van der Waals surface area (Å²) in [6, 6.07) is 0. The topological polar surface area (TPSA) is 71.1 Å². The number of Topliss-reactive ketones (excluding diaryl/α,β-unsaturated/α-hetero) is 1. The van der Waals surface area contributed by atoms with E-state index in [1.54, 1.807) is 6.92 Å². The van der Waals surface area contributed by atoms with Gasteiger partial charge in [0.2, 0.25) is 0 Å². The van der Waals surface area contributed by atoms with Crippen molar-refractivity contribution in [3.05, 3.63) is 11.1 Å².